The molecule has 7 heteroatoms. The van der Waals surface area contributed by atoms with E-state index in [1.807, 2.05) is 6.92 Å². The Morgan fingerprint density at radius 1 is 1.50 bits per heavy atom. The van der Waals surface area contributed by atoms with Crippen molar-refractivity contribution in [2.75, 3.05) is 18.4 Å². The molecule has 1 aromatic heterocycles. The van der Waals surface area contributed by atoms with Crippen molar-refractivity contribution in [3.63, 3.8) is 0 Å². The largest absolute Gasteiger partial charge is 0.260 e. The van der Waals surface area contributed by atoms with Crippen LogP contribution in [0.1, 0.15) is 13.3 Å². The molecule has 0 aromatic carbocycles. The van der Waals surface area contributed by atoms with E-state index in [4.69, 9.17) is 0 Å². The van der Waals surface area contributed by atoms with Gasteiger partial charge >= 0.3 is 0 Å². The van der Waals surface area contributed by atoms with Crippen LogP contribution in [0.5, 0.6) is 0 Å². The van der Waals surface area contributed by atoms with E-state index in [2.05, 4.69) is 21.0 Å². The molecule has 0 bridgehead atoms. The summed E-state index contributed by atoms with van der Waals surface area (Å²) in [6.07, 6.45) is 2.29. The van der Waals surface area contributed by atoms with Crippen molar-refractivity contribution < 1.29 is 8.42 Å². The number of aromatic nitrogens is 2. The molecule has 92 valence electrons. The standard InChI is InChI=1S/C9H16BrN3O2S/c1-3-7-13(8-5-10)16(14,15)9-4-6-11-12(9)2/h4,6H,3,5,7-8H2,1-2H3. The Morgan fingerprint density at radius 3 is 2.62 bits per heavy atom. The van der Waals surface area contributed by atoms with Gasteiger partial charge < -0.3 is 0 Å². The Balaban J connectivity index is 3.03. The predicted molar refractivity (Wildman–Crippen MR) is 66.1 cm³/mol. The van der Waals surface area contributed by atoms with Crippen LogP contribution in [0, 0.1) is 0 Å². The van der Waals surface area contributed by atoms with Crippen LogP contribution >= 0.6 is 15.9 Å². The van der Waals surface area contributed by atoms with E-state index in [9.17, 15) is 8.42 Å². The quantitative estimate of drug-likeness (QED) is 0.742. The SMILES string of the molecule is CCCN(CCBr)S(=O)(=O)c1ccnn1C. The molecular formula is C9H16BrN3O2S. The number of rotatable bonds is 6. The molecule has 0 aliphatic rings. The monoisotopic (exact) mass is 309 g/mol. The topological polar surface area (TPSA) is 55.2 Å². The molecule has 16 heavy (non-hydrogen) atoms. The average molecular weight is 310 g/mol. The highest BCUT2D eigenvalue weighted by atomic mass is 79.9. The molecule has 0 amide bonds. The van der Waals surface area contributed by atoms with Crippen LogP contribution in [0.25, 0.3) is 0 Å². The van der Waals surface area contributed by atoms with Gasteiger partial charge in [0.15, 0.2) is 5.03 Å². The lowest BCUT2D eigenvalue weighted by atomic mass is 10.5. The third-order valence-electron chi connectivity index (χ3n) is 2.19. The third kappa shape index (κ3) is 2.83. The second-order valence-electron chi connectivity index (χ2n) is 3.39. The van der Waals surface area contributed by atoms with Gasteiger partial charge in [-0.05, 0) is 12.5 Å². The first-order chi connectivity index (χ1) is 7.54. The lowest BCUT2D eigenvalue weighted by Gasteiger charge is -2.20. The van der Waals surface area contributed by atoms with Gasteiger partial charge in [-0.1, -0.05) is 22.9 Å². The fourth-order valence-corrected chi connectivity index (χ4v) is 3.74. The number of aryl methyl sites for hydroxylation is 1. The molecule has 1 rings (SSSR count). The molecule has 1 aromatic rings. The van der Waals surface area contributed by atoms with Gasteiger partial charge in [0.2, 0.25) is 0 Å². The van der Waals surface area contributed by atoms with Crippen LogP contribution in [0.4, 0.5) is 0 Å². The minimum Gasteiger partial charge on any atom is -0.256 e. The lowest BCUT2D eigenvalue weighted by Crippen LogP contribution is -2.34. The zero-order valence-corrected chi connectivity index (χ0v) is 11.8. The molecule has 0 aliphatic heterocycles. The Labute approximate surface area is 105 Å². The summed E-state index contributed by atoms with van der Waals surface area (Å²) in [5.74, 6) is 0. The van der Waals surface area contributed by atoms with Gasteiger partial charge in [-0.15, -0.1) is 0 Å². The smallest absolute Gasteiger partial charge is 0.256 e. The second-order valence-corrected chi connectivity index (χ2v) is 6.06. The maximum absolute atomic E-state index is 12.2. The Hall–Kier alpha value is -0.400. The van der Waals surface area contributed by atoms with Crippen molar-refractivity contribution in [3.05, 3.63) is 12.3 Å². The number of sulfonamides is 1. The summed E-state index contributed by atoms with van der Waals surface area (Å²) in [5.41, 5.74) is 0. The summed E-state index contributed by atoms with van der Waals surface area (Å²) in [6.45, 7) is 2.96. The lowest BCUT2D eigenvalue weighted by molar-refractivity contribution is 0.423. The molecule has 0 saturated heterocycles. The summed E-state index contributed by atoms with van der Waals surface area (Å²) >= 11 is 3.27. The maximum Gasteiger partial charge on any atom is 0.260 e. The van der Waals surface area contributed by atoms with E-state index in [1.54, 1.807) is 7.05 Å². The summed E-state index contributed by atoms with van der Waals surface area (Å²) in [6, 6.07) is 1.52. The molecule has 0 aliphatic carbocycles. The molecular weight excluding hydrogens is 294 g/mol. The molecule has 0 N–H and O–H groups in total. The third-order valence-corrected chi connectivity index (χ3v) is 4.52. The summed E-state index contributed by atoms with van der Waals surface area (Å²) < 4.78 is 27.3. The molecule has 0 radical (unpaired) electrons. The highest BCUT2D eigenvalue weighted by molar-refractivity contribution is 9.09. The first-order valence-corrected chi connectivity index (χ1v) is 7.64. The Bertz CT molecular complexity index is 424. The number of hydrogen-bond acceptors (Lipinski definition) is 3. The fraction of sp³-hybridized carbons (Fsp3) is 0.667. The van der Waals surface area contributed by atoms with Crippen molar-refractivity contribution in [3.8, 4) is 0 Å². The van der Waals surface area contributed by atoms with E-state index in [0.717, 1.165) is 6.42 Å². The summed E-state index contributed by atoms with van der Waals surface area (Å²) in [5, 5.41) is 4.75. The first-order valence-electron chi connectivity index (χ1n) is 5.08. The summed E-state index contributed by atoms with van der Waals surface area (Å²) in [4.78, 5) is 0. The second kappa shape index (κ2) is 5.79. The first kappa shape index (κ1) is 13.7. The van der Waals surface area contributed by atoms with Gasteiger partial charge in [-0.2, -0.15) is 9.40 Å². The molecule has 0 spiro atoms. The van der Waals surface area contributed by atoms with E-state index >= 15 is 0 Å². The minimum absolute atomic E-state index is 0.238. The van der Waals surface area contributed by atoms with Crippen LogP contribution in [0.3, 0.4) is 0 Å². The van der Waals surface area contributed by atoms with Crippen LogP contribution in [0.2, 0.25) is 0 Å². The van der Waals surface area contributed by atoms with Gasteiger partial charge in [-0.25, -0.2) is 8.42 Å². The molecule has 5 nitrogen and oxygen atoms in total. The van der Waals surface area contributed by atoms with Gasteiger partial charge in [0.1, 0.15) is 0 Å². The van der Waals surface area contributed by atoms with E-state index < -0.39 is 10.0 Å². The normalized spacial score (nSPS) is 12.2. The fourth-order valence-electron chi connectivity index (χ4n) is 1.44. The maximum atomic E-state index is 12.2. The number of nitrogens with zero attached hydrogens (tertiary/aromatic N) is 3. The van der Waals surface area contributed by atoms with E-state index in [1.165, 1.54) is 21.3 Å². The summed E-state index contributed by atoms with van der Waals surface area (Å²) in [7, 11) is -1.78. The zero-order valence-electron chi connectivity index (χ0n) is 9.43. The van der Waals surface area contributed by atoms with Crippen molar-refractivity contribution in [1.82, 2.24) is 14.1 Å². The Morgan fingerprint density at radius 2 is 2.19 bits per heavy atom. The van der Waals surface area contributed by atoms with Crippen molar-refractivity contribution in [2.24, 2.45) is 7.05 Å². The van der Waals surface area contributed by atoms with E-state index in [-0.39, 0.29) is 5.03 Å². The molecule has 1 heterocycles. The van der Waals surface area contributed by atoms with Gasteiger partial charge in [-0.3, -0.25) is 4.68 Å². The minimum atomic E-state index is -3.41. The van der Waals surface area contributed by atoms with Gasteiger partial charge in [0.25, 0.3) is 10.0 Å². The van der Waals surface area contributed by atoms with Crippen LogP contribution in [-0.2, 0) is 17.1 Å². The van der Waals surface area contributed by atoms with Crippen molar-refractivity contribution in [1.29, 1.82) is 0 Å². The van der Waals surface area contributed by atoms with Crippen LogP contribution in [0.15, 0.2) is 17.3 Å². The zero-order chi connectivity index (χ0) is 12.2. The Kier molecular flexibility index (Phi) is 4.94. The van der Waals surface area contributed by atoms with Gasteiger partial charge in [0, 0.05) is 25.5 Å². The van der Waals surface area contributed by atoms with Crippen LogP contribution in [-0.4, -0.2) is 40.9 Å². The van der Waals surface area contributed by atoms with Crippen LogP contribution < -0.4 is 0 Å². The van der Waals surface area contributed by atoms with Crippen molar-refractivity contribution >= 4 is 26.0 Å². The molecule has 0 fully saturated rings. The van der Waals surface area contributed by atoms with Crippen molar-refractivity contribution in [2.45, 2.75) is 18.4 Å². The molecule has 0 saturated carbocycles. The number of hydrogen-bond donors (Lipinski definition) is 0. The highest BCUT2D eigenvalue weighted by Crippen LogP contribution is 2.14. The number of alkyl halides is 1. The van der Waals surface area contributed by atoms with E-state index in [0.29, 0.717) is 18.4 Å². The number of halogens is 1. The predicted octanol–water partition coefficient (Wildman–Crippen LogP) is 1.22. The average Bonchev–Trinajstić information content (AvgIpc) is 2.65. The van der Waals surface area contributed by atoms with Gasteiger partial charge in [0.05, 0.1) is 6.20 Å². The highest BCUT2D eigenvalue weighted by Gasteiger charge is 2.25. The molecule has 0 unspecified atom stereocenters. The molecule has 0 atom stereocenters.